The minimum Gasteiger partial charge on any atom is -0.508 e. The number of aryl methyl sites for hydroxylation is 3. The van der Waals surface area contributed by atoms with Gasteiger partial charge >= 0.3 is 0 Å². The molecule has 1 heteroatoms. The molecule has 0 spiro atoms. The zero-order chi connectivity index (χ0) is 12.0. The topological polar surface area (TPSA) is 20.2 Å². The molecule has 2 rings (SSSR count). The Bertz CT molecular complexity index is 432. The predicted molar refractivity (Wildman–Crippen MR) is 68.8 cm³/mol. The van der Waals surface area contributed by atoms with Gasteiger partial charge < -0.3 is 5.11 Å². The lowest BCUT2D eigenvalue weighted by molar-refractivity contribution is 0.470. The van der Waals surface area contributed by atoms with Crippen molar-refractivity contribution in [2.75, 3.05) is 0 Å². The Balaban J connectivity index is 0.000000165. The average molecular weight is 214 g/mol. The molecule has 2 aromatic rings. The predicted octanol–water partition coefficient (Wildman–Crippen LogP) is 4.00. The fourth-order valence-corrected chi connectivity index (χ4v) is 1.25. The van der Waals surface area contributed by atoms with E-state index in [-0.39, 0.29) is 0 Å². The summed E-state index contributed by atoms with van der Waals surface area (Å²) in [4.78, 5) is 0. The van der Waals surface area contributed by atoms with Gasteiger partial charge in [0.25, 0.3) is 0 Å². The summed E-state index contributed by atoms with van der Waals surface area (Å²) < 4.78 is 0. The van der Waals surface area contributed by atoms with Gasteiger partial charge in [0.05, 0.1) is 0 Å². The number of hydrogen-bond acceptors (Lipinski definition) is 1. The van der Waals surface area contributed by atoms with Crippen molar-refractivity contribution in [3.63, 3.8) is 0 Å². The molecule has 0 saturated heterocycles. The minimum atomic E-state index is 0.384. The molecule has 0 aliphatic heterocycles. The van der Waals surface area contributed by atoms with Gasteiger partial charge in [-0.15, -0.1) is 0 Å². The molecule has 0 aliphatic carbocycles. The van der Waals surface area contributed by atoms with E-state index in [1.165, 1.54) is 5.56 Å². The molecule has 0 aliphatic rings. The van der Waals surface area contributed by atoms with Gasteiger partial charge in [0.1, 0.15) is 5.75 Å². The summed E-state index contributed by atoms with van der Waals surface area (Å²) in [5.41, 5.74) is 3.35. The first-order chi connectivity index (χ1) is 7.59. The summed E-state index contributed by atoms with van der Waals surface area (Å²) in [5.74, 6) is 0.384. The van der Waals surface area contributed by atoms with Gasteiger partial charge in [-0.3, -0.25) is 0 Å². The molecular formula is C15H18O. The molecule has 1 nitrogen and oxygen atoms in total. The van der Waals surface area contributed by atoms with Gasteiger partial charge in [-0.05, 0) is 38.0 Å². The summed E-state index contributed by atoms with van der Waals surface area (Å²) >= 11 is 0. The van der Waals surface area contributed by atoms with E-state index in [0.29, 0.717) is 5.75 Å². The van der Waals surface area contributed by atoms with Crippen LogP contribution in [0.15, 0.2) is 48.5 Å². The van der Waals surface area contributed by atoms with Crippen LogP contribution < -0.4 is 0 Å². The Labute approximate surface area is 97.4 Å². The van der Waals surface area contributed by atoms with E-state index >= 15 is 0 Å². The summed E-state index contributed by atoms with van der Waals surface area (Å²) in [5, 5.41) is 9.10. The average Bonchev–Trinajstić information content (AvgIpc) is 2.26. The second-order valence-corrected chi connectivity index (χ2v) is 3.94. The van der Waals surface area contributed by atoms with Gasteiger partial charge in [0.2, 0.25) is 0 Å². The van der Waals surface area contributed by atoms with Crippen LogP contribution in [0.2, 0.25) is 0 Å². The highest BCUT2D eigenvalue weighted by atomic mass is 16.3. The van der Waals surface area contributed by atoms with Crippen LogP contribution in [-0.4, -0.2) is 5.11 Å². The molecule has 0 radical (unpaired) electrons. The Morgan fingerprint density at radius 3 is 1.75 bits per heavy atom. The summed E-state index contributed by atoms with van der Waals surface area (Å²) in [6, 6.07) is 15.9. The molecule has 0 heterocycles. The van der Waals surface area contributed by atoms with Crippen molar-refractivity contribution in [3.8, 4) is 5.75 Å². The van der Waals surface area contributed by atoms with Crippen LogP contribution in [0.3, 0.4) is 0 Å². The maximum Gasteiger partial charge on any atom is 0.118 e. The van der Waals surface area contributed by atoms with E-state index in [1.54, 1.807) is 6.07 Å². The Hall–Kier alpha value is -1.76. The van der Waals surface area contributed by atoms with Crippen molar-refractivity contribution in [1.29, 1.82) is 0 Å². The molecule has 0 bridgehead atoms. The number of phenols is 1. The van der Waals surface area contributed by atoms with E-state index in [2.05, 4.69) is 19.1 Å². The van der Waals surface area contributed by atoms with Crippen molar-refractivity contribution in [1.82, 2.24) is 0 Å². The SMILES string of the molecule is Cc1ccc(C)c(O)c1.Cc1ccccc1. The molecule has 0 fully saturated rings. The molecule has 1 N–H and O–H groups in total. The second kappa shape index (κ2) is 5.96. The highest BCUT2D eigenvalue weighted by Crippen LogP contribution is 2.15. The summed E-state index contributed by atoms with van der Waals surface area (Å²) in [7, 11) is 0. The third kappa shape index (κ3) is 4.18. The number of benzene rings is 2. The summed E-state index contributed by atoms with van der Waals surface area (Å²) in [6.45, 7) is 5.92. The molecule has 16 heavy (non-hydrogen) atoms. The number of rotatable bonds is 0. The molecule has 0 saturated carbocycles. The number of hydrogen-bond donors (Lipinski definition) is 1. The Morgan fingerprint density at radius 1 is 0.750 bits per heavy atom. The molecule has 0 amide bonds. The van der Waals surface area contributed by atoms with Crippen molar-refractivity contribution >= 4 is 0 Å². The highest BCUT2D eigenvalue weighted by molar-refractivity contribution is 5.34. The largest absolute Gasteiger partial charge is 0.508 e. The zero-order valence-corrected chi connectivity index (χ0v) is 10.1. The lowest BCUT2D eigenvalue weighted by Crippen LogP contribution is -1.74. The maximum atomic E-state index is 9.10. The second-order valence-electron chi connectivity index (χ2n) is 3.94. The van der Waals surface area contributed by atoms with Gasteiger partial charge in [0.15, 0.2) is 0 Å². The summed E-state index contributed by atoms with van der Waals surface area (Å²) in [6.07, 6.45) is 0. The normalized spacial score (nSPS) is 9.19. The van der Waals surface area contributed by atoms with Gasteiger partial charge in [-0.1, -0.05) is 48.0 Å². The maximum absolute atomic E-state index is 9.10. The third-order valence-electron chi connectivity index (χ3n) is 2.31. The lowest BCUT2D eigenvalue weighted by Gasteiger charge is -1.97. The molecule has 2 aromatic carbocycles. The standard InChI is InChI=1S/C8H10O.C7H8/c1-6-3-4-7(2)8(9)5-6;1-7-5-3-2-4-6-7/h3-5,9H,1-2H3;2-6H,1H3. The van der Waals surface area contributed by atoms with E-state index in [1.807, 2.05) is 44.2 Å². The van der Waals surface area contributed by atoms with Crippen LogP contribution in [-0.2, 0) is 0 Å². The smallest absolute Gasteiger partial charge is 0.118 e. The molecule has 0 atom stereocenters. The van der Waals surface area contributed by atoms with E-state index in [9.17, 15) is 0 Å². The van der Waals surface area contributed by atoms with Crippen LogP contribution >= 0.6 is 0 Å². The van der Waals surface area contributed by atoms with Crippen LogP contribution in [0.4, 0.5) is 0 Å². The highest BCUT2D eigenvalue weighted by Gasteiger charge is 1.91. The van der Waals surface area contributed by atoms with Crippen molar-refractivity contribution < 1.29 is 5.11 Å². The van der Waals surface area contributed by atoms with Crippen LogP contribution in [0, 0.1) is 20.8 Å². The lowest BCUT2D eigenvalue weighted by atomic mass is 10.1. The first kappa shape index (κ1) is 12.3. The van der Waals surface area contributed by atoms with E-state index in [4.69, 9.17) is 5.11 Å². The van der Waals surface area contributed by atoms with Crippen molar-refractivity contribution in [3.05, 3.63) is 65.2 Å². The van der Waals surface area contributed by atoms with Gasteiger partial charge in [-0.25, -0.2) is 0 Å². The van der Waals surface area contributed by atoms with Crippen LogP contribution in [0.5, 0.6) is 5.75 Å². The fourth-order valence-electron chi connectivity index (χ4n) is 1.25. The quantitative estimate of drug-likeness (QED) is 0.702. The minimum absolute atomic E-state index is 0.384. The number of aromatic hydroxyl groups is 1. The van der Waals surface area contributed by atoms with E-state index in [0.717, 1.165) is 11.1 Å². The van der Waals surface area contributed by atoms with Crippen molar-refractivity contribution in [2.45, 2.75) is 20.8 Å². The van der Waals surface area contributed by atoms with Gasteiger partial charge in [0, 0.05) is 0 Å². The van der Waals surface area contributed by atoms with Crippen molar-refractivity contribution in [2.24, 2.45) is 0 Å². The van der Waals surface area contributed by atoms with Crippen LogP contribution in [0.25, 0.3) is 0 Å². The third-order valence-corrected chi connectivity index (χ3v) is 2.31. The van der Waals surface area contributed by atoms with E-state index < -0.39 is 0 Å². The number of phenolic OH excluding ortho intramolecular Hbond substituents is 1. The molecular weight excluding hydrogens is 196 g/mol. The first-order valence-corrected chi connectivity index (χ1v) is 5.37. The Kier molecular flexibility index (Phi) is 4.59. The first-order valence-electron chi connectivity index (χ1n) is 5.37. The molecule has 0 unspecified atom stereocenters. The molecule has 84 valence electrons. The van der Waals surface area contributed by atoms with Crippen LogP contribution in [0.1, 0.15) is 16.7 Å². The fraction of sp³-hybridized carbons (Fsp3) is 0.200. The monoisotopic (exact) mass is 214 g/mol. The Morgan fingerprint density at radius 2 is 1.38 bits per heavy atom. The molecule has 0 aromatic heterocycles. The zero-order valence-electron chi connectivity index (χ0n) is 10.1. The van der Waals surface area contributed by atoms with Gasteiger partial charge in [-0.2, -0.15) is 0 Å².